The predicted molar refractivity (Wildman–Crippen MR) is 95.3 cm³/mol. The fraction of sp³-hybridized carbons (Fsp3) is 0.188. The third-order valence-corrected chi connectivity index (χ3v) is 4.19. The molecule has 0 radical (unpaired) electrons. The normalized spacial score (nSPS) is 11.0. The van der Waals surface area contributed by atoms with Gasteiger partial charge in [0.15, 0.2) is 34.2 Å². The van der Waals surface area contributed by atoms with Crippen LogP contribution in [0.25, 0.3) is 0 Å². The molecule has 0 bridgehead atoms. The van der Waals surface area contributed by atoms with E-state index in [4.69, 9.17) is 12.2 Å². The Bertz CT molecular complexity index is 1030. The molecule has 2 aromatic heterocycles. The van der Waals surface area contributed by atoms with Crippen molar-refractivity contribution in [2.24, 2.45) is 7.05 Å². The molecule has 0 aliphatic carbocycles. The van der Waals surface area contributed by atoms with E-state index in [0.29, 0.717) is 5.69 Å². The zero-order valence-corrected chi connectivity index (χ0v) is 15.3. The first-order chi connectivity index (χ1) is 13.2. The van der Waals surface area contributed by atoms with Gasteiger partial charge in [-0.15, -0.1) is 0 Å². The molecule has 0 saturated carbocycles. The first-order valence-corrected chi connectivity index (χ1v) is 8.20. The van der Waals surface area contributed by atoms with Crippen LogP contribution in [0.3, 0.4) is 0 Å². The van der Waals surface area contributed by atoms with Crippen LogP contribution in [0.15, 0.2) is 18.5 Å². The van der Waals surface area contributed by atoms with E-state index in [1.165, 1.54) is 12.3 Å². The minimum absolute atomic E-state index is 0.178. The summed E-state index contributed by atoms with van der Waals surface area (Å²) in [5, 5.41) is 13.8. The molecule has 0 aliphatic rings. The zero-order chi connectivity index (χ0) is 20.6. The van der Waals surface area contributed by atoms with Gasteiger partial charge in [0.2, 0.25) is 5.82 Å². The summed E-state index contributed by atoms with van der Waals surface area (Å²) in [6.07, 6.45) is 2.88. The molecule has 2 N–H and O–H groups in total. The standard InChI is InChI=1S/C16H13F5N6S/c1-7-9(5-22-26(7)2)23-16(28)24-10-3-4-27(25-10)6-8-11(17)13(19)15(21)14(20)12(8)18/h3-5H,6H2,1-2H3,(H2,23,24,25,28). The van der Waals surface area contributed by atoms with Crippen molar-refractivity contribution in [1.82, 2.24) is 19.6 Å². The van der Waals surface area contributed by atoms with Gasteiger partial charge in [-0.1, -0.05) is 0 Å². The number of nitrogens with zero attached hydrogens (tertiary/aromatic N) is 4. The van der Waals surface area contributed by atoms with Crippen molar-refractivity contribution in [2.75, 3.05) is 10.6 Å². The fourth-order valence-corrected chi connectivity index (χ4v) is 2.57. The molecule has 0 saturated heterocycles. The number of benzene rings is 1. The number of hydrogen-bond donors (Lipinski definition) is 2. The van der Waals surface area contributed by atoms with Gasteiger partial charge in [-0.2, -0.15) is 10.2 Å². The first kappa shape index (κ1) is 19.7. The Morgan fingerprint density at radius 2 is 1.64 bits per heavy atom. The van der Waals surface area contributed by atoms with Crippen LogP contribution in [0.5, 0.6) is 0 Å². The summed E-state index contributed by atoms with van der Waals surface area (Å²) >= 11 is 5.15. The molecular formula is C16H13F5N6S. The number of anilines is 2. The number of thiocarbonyl (C=S) groups is 1. The van der Waals surface area contributed by atoms with E-state index in [-0.39, 0.29) is 10.9 Å². The van der Waals surface area contributed by atoms with Crippen LogP contribution in [0.2, 0.25) is 0 Å². The second kappa shape index (κ2) is 7.54. The van der Waals surface area contributed by atoms with E-state index < -0.39 is 41.2 Å². The Labute approximate surface area is 161 Å². The summed E-state index contributed by atoms with van der Waals surface area (Å²) in [5.74, 6) is -9.80. The molecule has 12 heteroatoms. The third kappa shape index (κ3) is 3.67. The van der Waals surface area contributed by atoms with Crippen molar-refractivity contribution in [2.45, 2.75) is 13.5 Å². The van der Waals surface area contributed by atoms with Crippen molar-refractivity contribution in [3.8, 4) is 0 Å². The predicted octanol–water partition coefficient (Wildman–Crippen LogP) is 3.48. The summed E-state index contributed by atoms with van der Waals surface area (Å²) in [7, 11) is 1.76. The second-order valence-corrected chi connectivity index (χ2v) is 6.20. The molecule has 148 valence electrons. The summed E-state index contributed by atoms with van der Waals surface area (Å²) in [4.78, 5) is 0. The van der Waals surface area contributed by atoms with Gasteiger partial charge in [-0.25, -0.2) is 22.0 Å². The molecule has 0 aliphatic heterocycles. The second-order valence-electron chi connectivity index (χ2n) is 5.79. The van der Waals surface area contributed by atoms with Crippen LogP contribution in [-0.2, 0) is 13.6 Å². The van der Waals surface area contributed by atoms with Gasteiger partial charge in [0.25, 0.3) is 0 Å². The average molecular weight is 416 g/mol. The number of rotatable bonds is 4. The number of hydrogen-bond acceptors (Lipinski definition) is 3. The van der Waals surface area contributed by atoms with Crippen LogP contribution in [0, 0.1) is 36.0 Å². The highest BCUT2D eigenvalue weighted by molar-refractivity contribution is 7.80. The smallest absolute Gasteiger partial charge is 0.200 e. The highest BCUT2D eigenvalue weighted by Gasteiger charge is 2.25. The SMILES string of the molecule is Cc1c(NC(=S)Nc2ccn(Cc3c(F)c(F)c(F)c(F)c3F)n2)cnn1C. The van der Waals surface area contributed by atoms with Crippen molar-refractivity contribution in [3.05, 3.63) is 58.8 Å². The van der Waals surface area contributed by atoms with E-state index >= 15 is 0 Å². The highest BCUT2D eigenvalue weighted by Crippen LogP contribution is 2.24. The van der Waals surface area contributed by atoms with Crippen LogP contribution in [0.1, 0.15) is 11.3 Å². The average Bonchev–Trinajstić information content (AvgIpc) is 3.23. The lowest BCUT2D eigenvalue weighted by molar-refractivity contribution is 0.367. The first-order valence-electron chi connectivity index (χ1n) is 7.79. The van der Waals surface area contributed by atoms with Crippen molar-refractivity contribution < 1.29 is 22.0 Å². The maximum absolute atomic E-state index is 13.8. The Morgan fingerprint density at radius 3 is 2.21 bits per heavy atom. The largest absolute Gasteiger partial charge is 0.330 e. The minimum Gasteiger partial charge on any atom is -0.330 e. The van der Waals surface area contributed by atoms with Crippen molar-refractivity contribution >= 4 is 28.8 Å². The van der Waals surface area contributed by atoms with Gasteiger partial charge in [0, 0.05) is 19.3 Å². The summed E-state index contributed by atoms with van der Waals surface area (Å²) in [5.41, 5.74) is 0.513. The number of nitrogens with one attached hydrogen (secondary N) is 2. The van der Waals surface area contributed by atoms with Gasteiger partial charge in [0.1, 0.15) is 0 Å². The number of halogens is 5. The molecule has 0 amide bonds. The van der Waals surface area contributed by atoms with Crippen molar-refractivity contribution in [3.63, 3.8) is 0 Å². The molecule has 0 spiro atoms. The monoisotopic (exact) mass is 416 g/mol. The molecule has 3 rings (SSSR count). The van der Waals surface area contributed by atoms with Gasteiger partial charge in [0.05, 0.1) is 29.7 Å². The molecule has 28 heavy (non-hydrogen) atoms. The third-order valence-electron chi connectivity index (χ3n) is 3.99. The molecule has 0 fully saturated rings. The lowest BCUT2D eigenvalue weighted by Gasteiger charge is -2.09. The topological polar surface area (TPSA) is 59.7 Å². The van der Waals surface area contributed by atoms with Gasteiger partial charge >= 0.3 is 0 Å². The van der Waals surface area contributed by atoms with Gasteiger partial charge in [-0.3, -0.25) is 9.36 Å². The van der Waals surface area contributed by atoms with Gasteiger partial charge < -0.3 is 10.6 Å². The summed E-state index contributed by atoms with van der Waals surface area (Å²) < 4.78 is 69.9. The Hall–Kier alpha value is -3.02. The number of aromatic nitrogens is 4. The molecule has 1 aromatic carbocycles. The molecule has 2 heterocycles. The Balaban J connectivity index is 1.73. The van der Waals surface area contributed by atoms with E-state index in [2.05, 4.69) is 20.8 Å². The van der Waals surface area contributed by atoms with Crippen molar-refractivity contribution in [1.29, 1.82) is 0 Å². The summed E-state index contributed by atoms with van der Waals surface area (Å²) in [6.45, 7) is 1.17. The Morgan fingerprint density at radius 1 is 1.04 bits per heavy atom. The molecule has 3 aromatic rings. The van der Waals surface area contributed by atoms with Crippen LogP contribution in [0.4, 0.5) is 33.5 Å². The number of aryl methyl sites for hydroxylation is 1. The Kier molecular flexibility index (Phi) is 5.31. The zero-order valence-electron chi connectivity index (χ0n) is 14.5. The lowest BCUT2D eigenvalue weighted by atomic mass is 10.1. The molecular weight excluding hydrogens is 403 g/mol. The highest BCUT2D eigenvalue weighted by atomic mass is 32.1. The maximum atomic E-state index is 13.8. The summed E-state index contributed by atoms with van der Waals surface area (Å²) in [6, 6.07) is 1.43. The fourth-order valence-electron chi connectivity index (χ4n) is 2.36. The lowest BCUT2D eigenvalue weighted by Crippen LogP contribution is -2.20. The minimum atomic E-state index is -2.20. The van der Waals surface area contributed by atoms with E-state index in [1.807, 2.05) is 6.92 Å². The van der Waals surface area contributed by atoms with E-state index in [1.54, 1.807) is 17.9 Å². The molecule has 0 unspecified atom stereocenters. The van der Waals surface area contributed by atoms with Crippen LogP contribution >= 0.6 is 12.2 Å². The molecule has 6 nitrogen and oxygen atoms in total. The van der Waals surface area contributed by atoms with E-state index in [9.17, 15) is 22.0 Å². The maximum Gasteiger partial charge on any atom is 0.200 e. The molecule has 0 atom stereocenters. The van der Waals surface area contributed by atoms with Crippen LogP contribution in [-0.4, -0.2) is 24.7 Å². The van der Waals surface area contributed by atoms with Crippen LogP contribution < -0.4 is 10.6 Å². The van der Waals surface area contributed by atoms with Gasteiger partial charge in [-0.05, 0) is 19.1 Å². The van der Waals surface area contributed by atoms with E-state index in [0.717, 1.165) is 10.4 Å². The quantitative estimate of drug-likeness (QED) is 0.295.